The van der Waals surface area contributed by atoms with Crippen LogP contribution < -0.4 is 9.51 Å². The second-order valence-electron chi connectivity index (χ2n) is 4.19. The van der Waals surface area contributed by atoms with Crippen molar-refractivity contribution >= 4 is 22.1 Å². The minimum absolute atomic E-state index is 1.27. The lowest BCUT2D eigenvalue weighted by Gasteiger charge is -2.03. The third-order valence-corrected chi connectivity index (χ3v) is 3.73. The number of nitrogens with zero attached hydrogens (tertiary/aromatic N) is 1. The van der Waals surface area contributed by atoms with Gasteiger partial charge >= 0.3 is 6.18 Å². The largest absolute Gasteiger partial charge is 0.542 e. The maximum Gasteiger partial charge on any atom is 0.430 e. The summed E-state index contributed by atoms with van der Waals surface area (Å²) in [5, 5.41) is 8.78. The molecule has 0 aliphatic carbocycles. The first-order valence-electron chi connectivity index (χ1n) is 6.11. The van der Waals surface area contributed by atoms with Gasteiger partial charge < -0.3 is 9.90 Å². The number of halogens is 3. The number of thiazole rings is 1. The van der Waals surface area contributed by atoms with Crippen molar-refractivity contribution in [1.29, 1.82) is 0 Å². The molecule has 2 aromatic heterocycles. The molecule has 7 heteroatoms. The van der Waals surface area contributed by atoms with Crippen molar-refractivity contribution in [2.75, 3.05) is 0 Å². The summed E-state index contributed by atoms with van der Waals surface area (Å²) in [4.78, 5) is 11.4. The van der Waals surface area contributed by atoms with E-state index in [9.17, 15) is 13.2 Å². The van der Waals surface area contributed by atoms with Gasteiger partial charge in [-0.2, -0.15) is 17.6 Å². The average molecular weight is 325 g/mol. The molecule has 3 rings (SSSR count). The van der Waals surface area contributed by atoms with Gasteiger partial charge in [0.05, 0.1) is 0 Å². The van der Waals surface area contributed by atoms with E-state index in [2.05, 4.69) is 59.3 Å². The second-order valence-corrected chi connectivity index (χ2v) is 5.26. The fourth-order valence-electron chi connectivity index (χ4n) is 1.63. The number of carbonyl (C=O) groups excluding carboxylic acids is 1. The second kappa shape index (κ2) is 6.57. The standard InChI is InChI=1S/C13H10NS.C2HF3O2/c1-2-6-11(7-3-1)12-10-14-9-5-4-8-13(14)15-12;3-2(4,5)1(6)7/h1-10H;(H,6,7)/q+1;/p-1. The Balaban J connectivity index is 0.000000217. The SMILES string of the molecule is O=C([O-])C(F)(F)F.c1ccc(-c2c[n+]3ccccc3s2)cc1. The maximum atomic E-state index is 10.5. The van der Waals surface area contributed by atoms with Crippen molar-refractivity contribution in [3.8, 4) is 10.4 Å². The third-order valence-electron chi connectivity index (χ3n) is 2.61. The van der Waals surface area contributed by atoms with Crippen molar-refractivity contribution in [3.63, 3.8) is 0 Å². The first kappa shape index (κ1) is 16.0. The molecule has 0 aliphatic heterocycles. The number of fused-ring (bicyclic) bond motifs is 1. The molecule has 1 aromatic carbocycles. The van der Waals surface area contributed by atoms with E-state index in [1.807, 2.05) is 17.4 Å². The van der Waals surface area contributed by atoms with E-state index in [0.29, 0.717) is 0 Å². The predicted octanol–water partition coefficient (Wildman–Crippen LogP) is 2.45. The van der Waals surface area contributed by atoms with Crippen molar-refractivity contribution in [1.82, 2.24) is 0 Å². The molecule has 0 saturated heterocycles. The lowest BCUT2D eigenvalue weighted by Crippen LogP contribution is -2.37. The molecule has 114 valence electrons. The van der Waals surface area contributed by atoms with Crippen LogP contribution in [0.1, 0.15) is 0 Å². The number of benzene rings is 1. The van der Waals surface area contributed by atoms with Gasteiger partial charge in [0.25, 0.3) is 4.83 Å². The number of hydrogen-bond acceptors (Lipinski definition) is 3. The summed E-state index contributed by atoms with van der Waals surface area (Å²) >= 11 is 1.81. The third kappa shape index (κ3) is 4.05. The number of rotatable bonds is 1. The number of carboxylic acids is 1. The molecular formula is C15H10F3NO2S. The molecule has 0 saturated carbocycles. The molecule has 0 amide bonds. The number of hydrogen-bond donors (Lipinski definition) is 0. The summed E-state index contributed by atoms with van der Waals surface area (Å²) in [5.74, 6) is -3.01. The summed E-state index contributed by atoms with van der Waals surface area (Å²) in [6.45, 7) is 0. The zero-order valence-corrected chi connectivity index (χ0v) is 11.9. The number of carbonyl (C=O) groups is 1. The Kier molecular flexibility index (Phi) is 4.77. The number of aliphatic carboxylic acids is 1. The Hall–Kier alpha value is -2.41. The lowest BCUT2D eigenvalue weighted by atomic mass is 10.2. The van der Waals surface area contributed by atoms with Crippen LogP contribution in [-0.4, -0.2) is 12.1 Å². The summed E-state index contributed by atoms with van der Waals surface area (Å²) in [5.41, 5.74) is 1.28. The predicted molar refractivity (Wildman–Crippen MR) is 74.0 cm³/mol. The van der Waals surface area contributed by atoms with E-state index in [1.165, 1.54) is 15.3 Å². The summed E-state index contributed by atoms with van der Waals surface area (Å²) < 4.78 is 33.7. The molecule has 0 fully saturated rings. The highest BCUT2D eigenvalue weighted by Crippen LogP contribution is 2.24. The Morgan fingerprint density at radius 3 is 2.18 bits per heavy atom. The van der Waals surface area contributed by atoms with Crippen LogP contribution >= 0.6 is 11.3 Å². The zero-order chi connectivity index (χ0) is 16.2. The smallest absolute Gasteiger partial charge is 0.430 e. The highest BCUT2D eigenvalue weighted by molar-refractivity contribution is 7.20. The molecule has 22 heavy (non-hydrogen) atoms. The van der Waals surface area contributed by atoms with E-state index in [-0.39, 0.29) is 0 Å². The maximum absolute atomic E-state index is 10.5. The summed E-state index contributed by atoms with van der Waals surface area (Å²) in [6.07, 6.45) is -0.937. The van der Waals surface area contributed by atoms with Gasteiger partial charge in [-0.3, -0.25) is 0 Å². The molecule has 0 radical (unpaired) electrons. The minimum Gasteiger partial charge on any atom is -0.542 e. The van der Waals surface area contributed by atoms with E-state index in [0.717, 1.165) is 0 Å². The molecule has 0 aliphatic rings. The van der Waals surface area contributed by atoms with Crippen LogP contribution in [0, 0.1) is 0 Å². The average Bonchev–Trinajstić information content (AvgIpc) is 2.92. The van der Waals surface area contributed by atoms with Crippen LogP contribution in [0.25, 0.3) is 15.3 Å². The van der Waals surface area contributed by atoms with Gasteiger partial charge in [-0.1, -0.05) is 41.7 Å². The van der Waals surface area contributed by atoms with Gasteiger partial charge in [0.1, 0.15) is 10.8 Å². The van der Waals surface area contributed by atoms with Gasteiger partial charge in [0.15, 0.2) is 12.4 Å². The molecule has 0 unspecified atom stereocenters. The van der Waals surface area contributed by atoms with Gasteiger partial charge in [-0.15, -0.1) is 0 Å². The van der Waals surface area contributed by atoms with Crippen LogP contribution in [0.5, 0.6) is 0 Å². The lowest BCUT2D eigenvalue weighted by molar-refractivity contribution is -0.506. The highest BCUT2D eigenvalue weighted by atomic mass is 32.1. The topological polar surface area (TPSA) is 44.2 Å². The van der Waals surface area contributed by atoms with E-state index >= 15 is 0 Å². The number of alkyl halides is 3. The zero-order valence-electron chi connectivity index (χ0n) is 11.1. The first-order chi connectivity index (χ1) is 10.4. The van der Waals surface area contributed by atoms with Gasteiger partial charge in [-0.05, 0) is 11.6 Å². The van der Waals surface area contributed by atoms with Gasteiger partial charge in [-0.25, -0.2) is 0 Å². The van der Waals surface area contributed by atoms with E-state index in [4.69, 9.17) is 9.90 Å². The fourth-order valence-corrected chi connectivity index (χ4v) is 2.65. The normalized spacial score (nSPS) is 10.9. The monoisotopic (exact) mass is 325 g/mol. The van der Waals surface area contributed by atoms with E-state index < -0.39 is 12.1 Å². The van der Waals surface area contributed by atoms with Crippen LogP contribution in [0.2, 0.25) is 0 Å². The number of aromatic nitrogens is 1. The van der Waals surface area contributed by atoms with Gasteiger partial charge in [0, 0.05) is 12.1 Å². The Morgan fingerprint density at radius 1 is 1.05 bits per heavy atom. The molecule has 0 atom stereocenters. The van der Waals surface area contributed by atoms with Crippen molar-refractivity contribution in [2.24, 2.45) is 0 Å². The van der Waals surface area contributed by atoms with Crippen LogP contribution in [0.4, 0.5) is 13.2 Å². The number of carboxylic acid groups (broad SMARTS) is 1. The van der Waals surface area contributed by atoms with E-state index in [1.54, 1.807) is 0 Å². The fraction of sp³-hybridized carbons (Fsp3) is 0.0667. The van der Waals surface area contributed by atoms with Crippen LogP contribution in [-0.2, 0) is 4.79 Å². The molecule has 3 aromatic rings. The first-order valence-corrected chi connectivity index (χ1v) is 6.93. The highest BCUT2D eigenvalue weighted by Gasteiger charge is 2.28. The summed E-state index contributed by atoms with van der Waals surface area (Å²) in [7, 11) is 0. The molecule has 0 spiro atoms. The molecule has 3 nitrogen and oxygen atoms in total. The minimum atomic E-state index is -5.19. The van der Waals surface area contributed by atoms with Crippen molar-refractivity contribution in [3.05, 3.63) is 60.9 Å². The van der Waals surface area contributed by atoms with Crippen LogP contribution in [0.3, 0.4) is 0 Å². The molecular weight excluding hydrogens is 315 g/mol. The summed E-state index contributed by atoms with van der Waals surface area (Å²) in [6, 6.07) is 16.7. The van der Waals surface area contributed by atoms with Gasteiger partial charge in [0.2, 0.25) is 0 Å². The van der Waals surface area contributed by atoms with Crippen molar-refractivity contribution < 1.29 is 27.5 Å². The van der Waals surface area contributed by atoms with Crippen molar-refractivity contribution in [2.45, 2.75) is 6.18 Å². The number of pyridine rings is 1. The molecule has 2 heterocycles. The Labute approximate surface area is 127 Å². The molecule has 0 N–H and O–H groups in total. The Bertz CT molecular complexity index is 736. The molecule has 0 bridgehead atoms. The quantitative estimate of drug-likeness (QED) is 0.645. The Morgan fingerprint density at radius 2 is 1.64 bits per heavy atom. The van der Waals surface area contributed by atoms with Crippen LogP contribution in [0.15, 0.2) is 60.9 Å².